The lowest BCUT2D eigenvalue weighted by Gasteiger charge is -2.11. The van der Waals surface area contributed by atoms with Crippen LogP contribution >= 0.6 is 0 Å². The molecule has 1 fully saturated rings. The second kappa shape index (κ2) is 5.16. The summed E-state index contributed by atoms with van der Waals surface area (Å²) in [5, 5.41) is 1.10. The summed E-state index contributed by atoms with van der Waals surface area (Å²) >= 11 is 0. The number of rotatable bonds is 2. The Kier molecular flexibility index (Phi) is 3.13. The third-order valence-corrected chi connectivity index (χ3v) is 4.47. The van der Waals surface area contributed by atoms with Crippen LogP contribution in [0.1, 0.15) is 40.9 Å². The van der Waals surface area contributed by atoms with Gasteiger partial charge in [0.15, 0.2) is 0 Å². The standard InChI is InChI=1S/C17H17NO4/c19-16(22-15-7-8-21-17(15)20)10-5-6-14-12(9-10)11-3-1-2-4-13(11)18-14/h5-6,9,15,18H,1-4,7-8H2/t15-/m1/s1. The third-order valence-electron chi connectivity index (χ3n) is 4.47. The van der Waals surface area contributed by atoms with Crippen molar-refractivity contribution in [1.29, 1.82) is 0 Å². The first-order valence-electron chi connectivity index (χ1n) is 7.73. The Hall–Kier alpha value is -2.30. The van der Waals surface area contributed by atoms with Crippen molar-refractivity contribution in [2.75, 3.05) is 6.61 Å². The molecule has 0 saturated carbocycles. The smallest absolute Gasteiger partial charge is 0.347 e. The van der Waals surface area contributed by atoms with E-state index in [0.29, 0.717) is 18.6 Å². The number of cyclic esters (lactones) is 1. The number of aromatic nitrogens is 1. The Bertz CT molecular complexity index is 761. The molecule has 1 N–H and O–H groups in total. The van der Waals surface area contributed by atoms with E-state index in [1.54, 1.807) is 6.07 Å². The molecule has 0 unspecified atom stereocenters. The van der Waals surface area contributed by atoms with E-state index in [1.165, 1.54) is 24.1 Å². The zero-order valence-corrected chi connectivity index (χ0v) is 12.2. The minimum Gasteiger partial charge on any atom is -0.463 e. The predicted octanol–water partition coefficient (Wildman–Crippen LogP) is 2.52. The number of nitrogens with one attached hydrogen (secondary N) is 1. The molecule has 1 aliphatic carbocycles. The number of carbonyl (C=O) groups excluding carboxylic acids is 2. The molecule has 1 aromatic heterocycles. The van der Waals surface area contributed by atoms with Crippen molar-refractivity contribution in [3.63, 3.8) is 0 Å². The second-order valence-corrected chi connectivity index (χ2v) is 5.90. The van der Waals surface area contributed by atoms with Crippen LogP contribution in [0.2, 0.25) is 0 Å². The number of hydrogen-bond donors (Lipinski definition) is 1. The molecule has 2 heterocycles. The number of H-pyrrole nitrogens is 1. The maximum atomic E-state index is 12.2. The monoisotopic (exact) mass is 299 g/mol. The number of benzene rings is 1. The van der Waals surface area contributed by atoms with E-state index >= 15 is 0 Å². The highest BCUT2D eigenvalue weighted by molar-refractivity contribution is 5.97. The van der Waals surface area contributed by atoms with Gasteiger partial charge in [0.05, 0.1) is 12.2 Å². The molecule has 1 aliphatic heterocycles. The van der Waals surface area contributed by atoms with Gasteiger partial charge in [0.25, 0.3) is 0 Å². The van der Waals surface area contributed by atoms with E-state index in [9.17, 15) is 9.59 Å². The number of ether oxygens (including phenoxy) is 2. The minimum absolute atomic E-state index is 0.321. The lowest BCUT2D eigenvalue weighted by molar-refractivity contribution is -0.145. The number of hydrogen-bond acceptors (Lipinski definition) is 4. The van der Waals surface area contributed by atoms with E-state index < -0.39 is 18.0 Å². The molecule has 1 aromatic carbocycles. The largest absolute Gasteiger partial charge is 0.463 e. The number of fused-ring (bicyclic) bond motifs is 3. The average molecular weight is 299 g/mol. The Labute approximate surface area is 127 Å². The van der Waals surface area contributed by atoms with Gasteiger partial charge in [0.1, 0.15) is 0 Å². The van der Waals surface area contributed by atoms with Crippen LogP contribution in [0.4, 0.5) is 0 Å². The maximum absolute atomic E-state index is 12.2. The first-order valence-corrected chi connectivity index (χ1v) is 7.73. The second-order valence-electron chi connectivity index (χ2n) is 5.90. The van der Waals surface area contributed by atoms with Gasteiger partial charge in [-0.15, -0.1) is 0 Å². The summed E-state index contributed by atoms with van der Waals surface area (Å²) in [5.74, 6) is -0.912. The molecule has 0 amide bonds. The SMILES string of the molecule is O=C(O[C@@H]1CCOC1=O)c1ccc2[nH]c3c(c2c1)CCCC3. The van der Waals surface area contributed by atoms with Crippen LogP contribution in [-0.4, -0.2) is 29.6 Å². The van der Waals surface area contributed by atoms with Crippen molar-refractivity contribution in [3.05, 3.63) is 35.0 Å². The van der Waals surface area contributed by atoms with Crippen LogP contribution in [0.25, 0.3) is 10.9 Å². The zero-order chi connectivity index (χ0) is 15.1. The van der Waals surface area contributed by atoms with Gasteiger partial charge in [-0.3, -0.25) is 0 Å². The normalized spacial score (nSPS) is 20.7. The van der Waals surface area contributed by atoms with Gasteiger partial charge >= 0.3 is 11.9 Å². The first kappa shape index (κ1) is 13.4. The van der Waals surface area contributed by atoms with Crippen LogP contribution in [0, 0.1) is 0 Å². The highest BCUT2D eigenvalue weighted by Gasteiger charge is 2.30. The molecule has 114 valence electrons. The van der Waals surface area contributed by atoms with Crippen molar-refractivity contribution >= 4 is 22.8 Å². The van der Waals surface area contributed by atoms with Crippen molar-refractivity contribution in [1.82, 2.24) is 4.98 Å². The number of carbonyl (C=O) groups is 2. The van der Waals surface area contributed by atoms with Crippen molar-refractivity contribution in [3.8, 4) is 0 Å². The number of aryl methyl sites for hydroxylation is 2. The molecule has 4 rings (SSSR count). The predicted molar refractivity (Wildman–Crippen MR) is 79.7 cm³/mol. The van der Waals surface area contributed by atoms with Gasteiger partial charge < -0.3 is 14.5 Å². The lowest BCUT2D eigenvalue weighted by atomic mass is 9.95. The van der Waals surface area contributed by atoms with Gasteiger partial charge in [-0.25, -0.2) is 9.59 Å². The van der Waals surface area contributed by atoms with Crippen LogP contribution in [0.3, 0.4) is 0 Å². The summed E-state index contributed by atoms with van der Waals surface area (Å²) in [6.45, 7) is 0.321. The van der Waals surface area contributed by atoms with Gasteiger partial charge in [0, 0.05) is 23.0 Å². The maximum Gasteiger partial charge on any atom is 0.347 e. The van der Waals surface area contributed by atoms with Gasteiger partial charge in [0.2, 0.25) is 6.10 Å². The molecule has 1 atom stereocenters. The summed E-state index contributed by atoms with van der Waals surface area (Å²) < 4.78 is 10.1. The van der Waals surface area contributed by atoms with E-state index in [4.69, 9.17) is 9.47 Å². The van der Waals surface area contributed by atoms with E-state index in [0.717, 1.165) is 23.7 Å². The van der Waals surface area contributed by atoms with Gasteiger partial charge in [-0.2, -0.15) is 0 Å². The van der Waals surface area contributed by atoms with E-state index in [-0.39, 0.29) is 0 Å². The number of esters is 2. The summed E-state index contributed by atoms with van der Waals surface area (Å²) in [6, 6.07) is 5.53. The van der Waals surface area contributed by atoms with Gasteiger partial charge in [-0.05, 0) is 49.4 Å². The summed E-state index contributed by atoms with van der Waals surface area (Å²) in [4.78, 5) is 27.1. The summed E-state index contributed by atoms with van der Waals surface area (Å²) in [5.41, 5.74) is 4.14. The fourth-order valence-electron chi connectivity index (χ4n) is 3.31. The van der Waals surface area contributed by atoms with Crippen LogP contribution in [0.5, 0.6) is 0 Å². The molecule has 2 aromatic rings. The number of aromatic amines is 1. The summed E-state index contributed by atoms with van der Waals surface area (Å²) in [6.07, 6.45) is 4.18. The first-order chi connectivity index (χ1) is 10.7. The van der Waals surface area contributed by atoms with Crippen molar-refractivity contribution in [2.45, 2.75) is 38.2 Å². The van der Waals surface area contributed by atoms with Gasteiger partial charge in [-0.1, -0.05) is 0 Å². The van der Waals surface area contributed by atoms with Crippen molar-refractivity contribution in [2.24, 2.45) is 0 Å². The molecular weight excluding hydrogens is 282 g/mol. The Morgan fingerprint density at radius 3 is 2.95 bits per heavy atom. The molecular formula is C17H17NO4. The zero-order valence-electron chi connectivity index (χ0n) is 12.2. The molecule has 5 heteroatoms. The third kappa shape index (κ3) is 2.17. The highest BCUT2D eigenvalue weighted by atomic mass is 16.6. The molecule has 0 radical (unpaired) electrons. The Balaban J connectivity index is 1.64. The fourth-order valence-corrected chi connectivity index (χ4v) is 3.31. The van der Waals surface area contributed by atoms with Crippen LogP contribution in [0.15, 0.2) is 18.2 Å². The highest BCUT2D eigenvalue weighted by Crippen LogP contribution is 2.30. The van der Waals surface area contributed by atoms with E-state index in [2.05, 4.69) is 4.98 Å². The quantitative estimate of drug-likeness (QED) is 0.865. The molecule has 1 saturated heterocycles. The Morgan fingerprint density at radius 2 is 2.14 bits per heavy atom. The van der Waals surface area contributed by atoms with Crippen molar-refractivity contribution < 1.29 is 19.1 Å². The molecule has 2 aliphatic rings. The fraction of sp³-hybridized carbons (Fsp3) is 0.412. The summed E-state index contributed by atoms with van der Waals surface area (Å²) in [7, 11) is 0. The Morgan fingerprint density at radius 1 is 1.27 bits per heavy atom. The van der Waals surface area contributed by atoms with E-state index in [1.807, 2.05) is 12.1 Å². The average Bonchev–Trinajstić information content (AvgIpc) is 3.10. The minimum atomic E-state index is -0.761. The molecule has 22 heavy (non-hydrogen) atoms. The lowest BCUT2D eigenvalue weighted by Crippen LogP contribution is -2.22. The molecule has 0 spiro atoms. The molecule has 5 nitrogen and oxygen atoms in total. The topological polar surface area (TPSA) is 68.4 Å². The molecule has 0 bridgehead atoms. The van der Waals surface area contributed by atoms with Crippen LogP contribution in [-0.2, 0) is 27.1 Å². The van der Waals surface area contributed by atoms with Crippen LogP contribution < -0.4 is 0 Å².